The molecular formula is C17H22N4OS. The van der Waals surface area contributed by atoms with Gasteiger partial charge in [0, 0.05) is 18.8 Å². The van der Waals surface area contributed by atoms with Crippen LogP contribution in [0.5, 0.6) is 0 Å². The van der Waals surface area contributed by atoms with E-state index in [1.54, 1.807) is 0 Å². The van der Waals surface area contributed by atoms with Crippen molar-refractivity contribution in [2.75, 3.05) is 18.4 Å². The van der Waals surface area contributed by atoms with Crippen molar-refractivity contribution in [3.63, 3.8) is 0 Å². The molecule has 1 N–H and O–H groups in total. The highest BCUT2D eigenvalue weighted by atomic mass is 32.1. The van der Waals surface area contributed by atoms with Crippen molar-refractivity contribution < 1.29 is 4.52 Å². The number of aryl methyl sites for hydroxylation is 3. The number of hydrogen-bond donors (Lipinski definition) is 1. The van der Waals surface area contributed by atoms with E-state index in [2.05, 4.69) is 52.4 Å². The van der Waals surface area contributed by atoms with Gasteiger partial charge in [-0.2, -0.15) is 4.98 Å². The van der Waals surface area contributed by atoms with E-state index in [4.69, 9.17) is 16.7 Å². The zero-order valence-corrected chi connectivity index (χ0v) is 14.6. The van der Waals surface area contributed by atoms with Crippen molar-refractivity contribution in [2.45, 2.75) is 39.5 Å². The van der Waals surface area contributed by atoms with Gasteiger partial charge in [0.2, 0.25) is 5.89 Å². The maximum atomic E-state index is 5.60. The number of hydrogen-bond acceptors (Lipinski definition) is 4. The number of anilines is 1. The van der Waals surface area contributed by atoms with Crippen LogP contribution in [0.1, 0.15) is 41.6 Å². The Labute approximate surface area is 142 Å². The van der Waals surface area contributed by atoms with Crippen molar-refractivity contribution in [3.8, 4) is 0 Å². The fourth-order valence-electron chi connectivity index (χ4n) is 3.09. The van der Waals surface area contributed by atoms with Gasteiger partial charge in [0.1, 0.15) is 0 Å². The molecule has 23 heavy (non-hydrogen) atoms. The molecule has 1 aromatic heterocycles. The maximum Gasteiger partial charge on any atom is 0.231 e. The molecule has 1 atom stereocenters. The zero-order chi connectivity index (χ0) is 16.4. The van der Waals surface area contributed by atoms with E-state index in [0.717, 1.165) is 42.6 Å². The van der Waals surface area contributed by atoms with Gasteiger partial charge in [0.15, 0.2) is 10.9 Å². The average molecular weight is 330 g/mol. The second-order valence-corrected chi connectivity index (χ2v) is 6.66. The average Bonchev–Trinajstić information content (AvgIpc) is 2.93. The van der Waals surface area contributed by atoms with Crippen LogP contribution in [0, 0.1) is 20.8 Å². The van der Waals surface area contributed by atoms with Crippen LogP contribution in [0.15, 0.2) is 22.7 Å². The smallest absolute Gasteiger partial charge is 0.231 e. The molecule has 0 amide bonds. The molecular weight excluding hydrogens is 308 g/mol. The number of thiocarbonyl (C=S) groups is 1. The van der Waals surface area contributed by atoms with Crippen LogP contribution in [0.25, 0.3) is 0 Å². The molecule has 6 heteroatoms. The monoisotopic (exact) mass is 330 g/mol. The zero-order valence-electron chi connectivity index (χ0n) is 13.8. The summed E-state index contributed by atoms with van der Waals surface area (Å²) in [6.07, 6.45) is 2.13. The number of rotatable bonds is 2. The third-order valence-corrected chi connectivity index (χ3v) is 4.43. The van der Waals surface area contributed by atoms with Gasteiger partial charge in [-0.15, -0.1) is 0 Å². The highest BCUT2D eigenvalue weighted by molar-refractivity contribution is 7.80. The van der Waals surface area contributed by atoms with Gasteiger partial charge in [-0.3, -0.25) is 0 Å². The Morgan fingerprint density at radius 1 is 1.26 bits per heavy atom. The molecule has 122 valence electrons. The van der Waals surface area contributed by atoms with E-state index in [9.17, 15) is 0 Å². The summed E-state index contributed by atoms with van der Waals surface area (Å²) in [7, 11) is 0. The molecule has 0 radical (unpaired) electrons. The van der Waals surface area contributed by atoms with Crippen LogP contribution in [0.3, 0.4) is 0 Å². The van der Waals surface area contributed by atoms with E-state index in [1.807, 2.05) is 6.92 Å². The van der Waals surface area contributed by atoms with Crippen molar-refractivity contribution >= 4 is 23.0 Å². The molecule has 1 aliphatic heterocycles. The van der Waals surface area contributed by atoms with Crippen LogP contribution < -0.4 is 5.32 Å². The lowest BCUT2D eigenvalue weighted by Crippen LogP contribution is -2.41. The van der Waals surface area contributed by atoms with Crippen LogP contribution in [-0.2, 0) is 0 Å². The molecule has 0 spiro atoms. The van der Waals surface area contributed by atoms with E-state index in [1.165, 1.54) is 11.1 Å². The summed E-state index contributed by atoms with van der Waals surface area (Å²) < 4.78 is 5.33. The second kappa shape index (κ2) is 6.66. The van der Waals surface area contributed by atoms with E-state index < -0.39 is 0 Å². The fraction of sp³-hybridized carbons (Fsp3) is 0.471. The van der Waals surface area contributed by atoms with E-state index in [0.29, 0.717) is 5.82 Å². The summed E-state index contributed by atoms with van der Waals surface area (Å²) in [6.45, 7) is 7.81. The summed E-state index contributed by atoms with van der Waals surface area (Å²) in [5, 5.41) is 8.02. The van der Waals surface area contributed by atoms with Crippen molar-refractivity contribution in [1.29, 1.82) is 0 Å². The SMILES string of the molecule is Cc1cc(C)cc(NC(=S)N2CCC[C@@H](c3nc(C)no3)C2)c1. The summed E-state index contributed by atoms with van der Waals surface area (Å²) in [5.41, 5.74) is 3.50. The number of piperidine rings is 1. The predicted molar refractivity (Wildman–Crippen MR) is 94.7 cm³/mol. The Balaban J connectivity index is 1.67. The minimum Gasteiger partial charge on any atom is -0.348 e. The summed E-state index contributed by atoms with van der Waals surface area (Å²) >= 11 is 5.60. The van der Waals surface area contributed by atoms with Crippen LogP contribution >= 0.6 is 12.2 Å². The minimum absolute atomic E-state index is 0.254. The summed E-state index contributed by atoms with van der Waals surface area (Å²) in [5.74, 6) is 1.67. The van der Waals surface area contributed by atoms with Gasteiger partial charge < -0.3 is 14.7 Å². The first-order valence-corrected chi connectivity index (χ1v) is 8.36. The Morgan fingerprint density at radius 2 is 2.00 bits per heavy atom. The standard InChI is InChI=1S/C17H22N4OS/c1-11-7-12(2)9-15(8-11)19-17(23)21-6-4-5-14(10-21)16-18-13(3)20-22-16/h7-9,14H,4-6,10H2,1-3H3,(H,19,23)/t14-/m1/s1. The number of benzene rings is 1. The van der Waals surface area contributed by atoms with Gasteiger partial charge in [-0.1, -0.05) is 11.2 Å². The molecule has 0 aliphatic carbocycles. The van der Waals surface area contributed by atoms with Crippen molar-refractivity contribution in [2.24, 2.45) is 0 Å². The number of likely N-dealkylation sites (tertiary alicyclic amines) is 1. The lowest BCUT2D eigenvalue weighted by molar-refractivity contribution is 0.261. The maximum absolute atomic E-state index is 5.60. The molecule has 0 bridgehead atoms. The van der Waals surface area contributed by atoms with E-state index >= 15 is 0 Å². The van der Waals surface area contributed by atoms with Crippen molar-refractivity contribution in [1.82, 2.24) is 15.0 Å². The molecule has 2 heterocycles. The fourth-order valence-corrected chi connectivity index (χ4v) is 3.38. The van der Waals surface area contributed by atoms with E-state index in [-0.39, 0.29) is 5.92 Å². The highest BCUT2D eigenvalue weighted by Crippen LogP contribution is 2.26. The molecule has 1 saturated heterocycles. The number of aromatic nitrogens is 2. The van der Waals surface area contributed by atoms with Crippen LogP contribution in [0.2, 0.25) is 0 Å². The quantitative estimate of drug-likeness (QED) is 0.850. The first-order valence-electron chi connectivity index (χ1n) is 7.95. The second-order valence-electron chi connectivity index (χ2n) is 6.27. The Bertz CT molecular complexity index is 692. The van der Waals surface area contributed by atoms with Gasteiger partial charge in [-0.25, -0.2) is 0 Å². The molecule has 5 nitrogen and oxygen atoms in total. The third kappa shape index (κ3) is 3.88. The molecule has 0 unspecified atom stereocenters. The van der Waals surface area contributed by atoms with Gasteiger partial charge >= 0.3 is 0 Å². The summed E-state index contributed by atoms with van der Waals surface area (Å²) in [6, 6.07) is 6.38. The van der Waals surface area contributed by atoms with Crippen LogP contribution in [-0.4, -0.2) is 33.2 Å². The molecule has 1 fully saturated rings. The third-order valence-electron chi connectivity index (χ3n) is 4.07. The first kappa shape index (κ1) is 15.9. The van der Waals surface area contributed by atoms with Gasteiger partial charge in [-0.05, 0) is 69.1 Å². The lowest BCUT2D eigenvalue weighted by atomic mass is 9.98. The Hall–Kier alpha value is -1.95. The largest absolute Gasteiger partial charge is 0.348 e. The van der Waals surface area contributed by atoms with Crippen LogP contribution in [0.4, 0.5) is 5.69 Å². The highest BCUT2D eigenvalue weighted by Gasteiger charge is 2.27. The molecule has 1 aromatic carbocycles. The van der Waals surface area contributed by atoms with Gasteiger partial charge in [0.05, 0.1) is 5.92 Å². The number of nitrogens with zero attached hydrogens (tertiary/aromatic N) is 3. The molecule has 0 saturated carbocycles. The predicted octanol–water partition coefficient (Wildman–Crippen LogP) is 3.57. The molecule has 3 rings (SSSR count). The molecule has 2 aromatic rings. The van der Waals surface area contributed by atoms with Gasteiger partial charge in [0.25, 0.3) is 0 Å². The first-order chi connectivity index (χ1) is 11.0. The summed E-state index contributed by atoms with van der Waals surface area (Å²) in [4.78, 5) is 6.56. The van der Waals surface area contributed by atoms with Crippen molar-refractivity contribution in [3.05, 3.63) is 41.0 Å². The topological polar surface area (TPSA) is 54.2 Å². The lowest BCUT2D eigenvalue weighted by Gasteiger charge is -2.33. The number of nitrogens with one attached hydrogen (secondary N) is 1. The minimum atomic E-state index is 0.254. The Morgan fingerprint density at radius 3 is 2.65 bits per heavy atom. The Kier molecular flexibility index (Phi) is 4.61. The normalized spacial score (nSPS) is 18.0. The molecule has 1 aliphatic rings.